The van der Waals surface area contributed by atoms with Crippen LogP contribution in [0.4, 0.5) is 17.1 Å². The van der Waals surface area contributed by atoms with E-state index in [1.54, 1.807) is 0 Å². The first kappa shape index (κ1) is 34.5. The molecule has 63 heavy (non-hydrogen) atoms. The smallest absolute Gasteiger partial charge is 0.143 e. The first-order chi connectivity index (χ1) is 31.3. The summed E-state index contributed by atoms with van der Waals surface area (Å²) in [5, 5.41) is 9.49. The van der Waals surface area contributed by atoms with Crippen LogP contribution >= 0.6 is 0 Å². The van der Waals surface area contributed by atoms with Crippen LogP contribution in [-0.2, 0) is 5.41 Å². The molecule has 0 N–H and O–H groups in total. The predicted octanol–water partition coefficient (Wildman–Crippen LogP) is 16.5. The summed E-state index contributed by atoms with van der Waals surface area (Å²) in [5.41, 5.74) is 17.4. The van der Waals surface area contributed by atoms with Crippen molar-refractivity contribution in [2.24, 2.45) is 0 Å². The van der Waals surface area contributed by atoms with Gasteiger partial charge in [-0.15, -0.1) is 0 Å². The molecule has 2 aliphatic carbocycles. The van der Waals surface area contributed by atoms with Gasteiger partial charge in [0.1, 0.15) is 11.2 Å². The minimum atomic E-state index is -0.438. The van der Waals surface area contributed by atoms with Gasteiger partial charge in [0, 0.05) is 33.4 Å². The molecule has 0 atom stereocenters. The fourth-order valence-electron chi connectivity index (χ4n) is 11.5. The molecule has 1 aromatic heterocycles. The van der Waals surface area contributed by atoms with E-state index in [2.05, 4.69) is 229 Å². The first-order valence-corrected chi connectivity index (χ1v) is 21.8. The number of anilines is 3. The van der Waals surface area contributed by atoms with E-state index in [0.717, 1.165) is 44.6 Å². The van der Waals surface area contributed by atoms with Crippen LogP contribution in [0.15, 0.2) is 229 Å². The second-order valence-electron chi connectivity index (χ2n) is 17.1. The molecule has 11 aromatic carbocycles. The average Bonchev–Trinajstić information content (AvgIpc) is 3.97. The van der Waals surface area contributed by atoms with Crippen LogP contribution in [0.3, 0.4) is 0 Å². The SMILES string of the molecule is c1ccc(N(c2ccc3c(c2)C2(c4ccccc4-c4ccccc42)c2ccccc2-3)c2ccc3oc4c(-c5cc6ccccc6c6ccccc56)c5ccccc5cc4c3c2)cc1. The normalized spacial score (nSPS) is 13.2. The lowest BCUT2D eigenvalue weighted by atomic mass is 9.70. The van der Waals surface area contributed by atoms with Crippen molar-refractivity contribution in [3.05, 3.63) is 247 Å². The Morgan fingerprint density at radius 2 is 0.825 bits per heavy atom. The molecular weight excluding hydrogens is 763 g/mol. The number of hydrogen-bond donors (Lipinski definition) is 0. The zero-order valence-electron chi connectivity index (χ0n) is 34.2. The van der Waals surface area contributed by atoms with E-state index < -0.39 is 5.41 Å². The quantitative estimate of drug-likeness (QED) is 0.165. The van der Waals surface area contributed by atoms with Gasteiger partial charge >= 0.3 is 0 Å². The summed E-state index contributed by atoms with van der Waals surface area (Å²) >= 11 is 0. The van der Waals surface area contributed by atoms with Crippen LogP contribution in [0.1, 0.15) is 22.3 Å². The second-order valence-corrected chi connectivity index (χ2v) is 17.1. The molecule has 0 aliphatic heterocycles. The number of benzene rings is 11. The highest BCUT2D eigenvalue weighted by Crippen LogP contribution is 2.63. The molecule has 14 rings (SSSR count). The number of rotatable bonds is 4. The lowest BCUT2D eigenvalue weighted by Crippen LogP contribution is -2.26. The Morgan fingerprint density at radius 3 is 1.52 bits per heavy atom. The summed E-state index contributed by atoms with van der Waals surface area (Å²) in [7, 11) is 0. The summed E-state index contributed by atoms with van der Waals surface area (Å²) in [6, 6.07) is 82.7. The van der Waals surface area contributed by atoms with Gasteiger partial charge in [0.2, 0.25) is 0 Å². The summed E-state index contributed by atoms with van der Waals surface area (Å²) in [4.78, 5) is 2.42. The summed E-state index contributed by atoms with van der Waals surface area (Å²) in [6.07, 6.45) is 0. The van der Waals surface area contributed by atoms with Crippen LogP contribution in [0.2, 0.25) is 0 Å². The zero-order chi connectivity index (χ0) is 41.2. The van der Waals surface area contributed by atoms with Crippen molar-refractivity contribution < 1.29 is 4.42 Å². The number of furan rings is 1. The van der Waals surface area contributed by atoms with Gasteiger partial charge in [-0.2, -0.15) is 0 Å². The third kappa shape index (κ3) is 4.67. The van der Waals surface area contributed by atoms with E-state index in [4.69, 9.17) is 4.42 Å². The van der Waals surface area contributed by atoms with Crippen molar-refractivity contribution in [3.8, 4) is 33.4 Å². The fraction of sp³-hybridized carbons (Fsp3) is 0.0164. The maximum atomic E-state index is 7.06. The van der Waals surface area contributed by atoms with Crippen LogP contribution in [0, 0.1) is 0 Å². The Bertz CT molecular complexity index is 3810. The largest absolute Gasteiger partial charge is 0.455 e. The van der Waals surface area contributed by atoms with Crippen molar-refractivity contribution in [2.75, 3.05) is 4.90 Å². The van der Waals surface area contributed by atoms with E-state index in [1.165, 1.54) is 82.4 Å². The molecule has 0 bridgehead atoms. The molecular formula is C61H37NO. The zero-order valence-corrected chi connectivity index (χ0v) is 34.2. The molecule has 292 valence electrons. The van der Waals surface area contributed by atoms with E-state index in [1.807, 2.05) is 0 Å². The van der Waals surface area contributed by atoms with Gasteiger partial charge in [-0.25, -0.2) is 0 Å². The maximum absolute atomic E-state index is 7.06. The summed E-state index contributed by atoms with van der Waals surface area (Å²) < 4.78 is 7.06. The third-order valence-electron chi connectivity index (χ3n) is 14.0. The second kappa shape index (κ2) is 12.9. The Kier molecular flexibility index (Phi) is 7.07. The van der Waals surface area contributed by atoms with Crippen molar-refractivity contribution in [2.45, 2.75) is 5.41 Å². The molecule has 0 radical (unpaired) electrons. The molecule has 0 amide bonds. The Labute approximate surface area is 364 Å². The van der Waals surface area contributed by atoms with Crippen molar-refractivity contribution in [3.63, 3.8) is 0 Å². The lowest BCUT2D eigenvalue weighted by molar-refractivity contribution is 0.670. The average molecular weight is 800 g/mol. The minimum Gasteiger partial charge on any atom is -0.455 e. The van der Waals surface area contributed by atoms with Gasteiger partial charge in [-0.3, -0.25) is 0 Å². The number of fused-ring (bicyclic) bond motifs is 17. The Hall–Kier alpha value is -8.20. The van der Waals surface area contributed by atoms with Crippen LogP contribution in [0.25, 0.3) is 87.6 Å². The van der Waals surface area contributed by atoms with E-state index in [-0.39, 0.29) is 0 Å². The van der Waals surface area contributed by atoms with Crippen LogP contribution in [-0.4, -0.2) is 0 Å². The van der Waals surface area contributed by atoms with Crippen molar-refractivity contribution in [1.82, 2.24) is 0 Å². The molecule has 12 aromatic rings. The Morgan fingerprint density at radius 1 is 0.302 bits per heavy atom. The van der Waals surface area contributed by atoms with Gasteiger partial charge in [-0.1, -0.05) is 170 Å². The molecule has 2 heteroatoms. The molecule has 1 spiro atoms. The molecule has 2 aliphatic rings. The molecule has 0 saturated carbocycles. The van der Waals surface area contributed by atoms with E-state index in [0.29, 0.717) is 0 Å². The van der Waals surface area contributed by atoms with Crippen LogP contribution in [0.5, 0.6) is 0 Å². The Balaban J connectivity index is 1.02. The highest BCUT2D eigenvalue weighted by molar-refractivity contribution is 6.24. The maximum Gasteiger partial charge on any atom is 0.143 e. The molecule has 2 nitrogen and oxygen atoms in total. The van der Waals surface area contributed by atoms with E-state index in [9.17, 15) is 0 Å². The predicted molar refractivity (Wildman–Crippen MR) is 263 cm³/mol. The summed E-state index contributed by atoms with van der Waals surface area (Å²) in [5.74, 6) is 0. The molecule has 0 fully saturated rings. The fourth-order valence-corrected chi connectivity index (χ4v) is 11.5. The molecule has 0 saturated heterocycles. The highest BCUT2D eigenvalue weighted by Gasteiger charge is 2.51. The van der Waals surface area contributed by atoms with Gasteiger partial charge < -0.3 is 9.32 Å². The topological polar surface area (TPSA) is 16.4 Å². The van der Waals surface area contributed by atoms with Gasteiger partial charge in [0.15, 0.2) is 0 Å². The number of hydrogen-bond acceptors (Lipinski definition) is 2. The van der Waals surface area contributed by atoms with E-state index >= 15 is 0 Å². The third-order valence-corrected chi connectivity index (χ3v) is 14.0. The number of para-hydroxylation sites is 1. The van der Waals surface area contributed by atoms with Crippen molar-refractivity contribution >= 4 is 71.3 Å². The van der Waals surface area contributed by atoms with Gasteiger partial charge in [0.05, 0.1) is 5.41 Å². The van der Waals surface area contributed by atoms with Gasteiger partial charge in [0.25, 0.3) is 0 Å². The summed E-state index contributed by atoms with van der Waals surface area (Å²) in [6.45, 7) is 0. The molecule has 0 unspecified atom stereocenters. The molecule has 1 heterocycles. The first-order valence-electron chi connectivity index (χ1n) is 21.8. The van der Waals surface area contributed by atoms with Gasteiger partial charge in [-0.05, 0) is 137 Å². The van der Waals surface area contributed by atoms with Crippen molar-refractivity contribution in [1.29, 1.82) is 0 Å². The monoisotopic (exact) mass is 799 g/mol. The van der Waals surface area contributed by atoms with Crippen LogP contribution < -0.4 is 4.90 Å². The minimum absolute atomic E-state index is 0.438. The number of nitrogens with zero attached hydrogens (tertiary/aromatic N) is 1. The highest BCUT2D eigenvalue weighted by atomic mass is 16.3. The standard InChI is InChI=1S/C61H37NO/c1-2-18-40(19-3-1)62(42-30-32-50-49-26-12-15-29-56(49)61(57(50)37-42)54-27-13-10-24-47(54)48-25-11-14-28-55(48)61)41-31-33-58-51(36-41)53-35-39-17-5-7-21-44(39)59(60(53)63-58)52-34-38-16-4-6-20-43(38)45-22-8-9-23-46(45)52/h1-37H. The lowest BCUT2D eigenvalue weighted by Gasteiger charge is -2.32.